The second-order valence-corrected chi connectivity index (χ2v) is 9.33. The van der Waals surface area contributed by atoms with Crippen LogP contribution >= 0.6 is 11.3 Å². The highest BCUT2D eigenvalue weighted by Crippen LogP contribution is 2.33. The molecule has 36 heavy (non-hydrogen) atoms. The summed E-state index contributed by atoms with van der Waals surface area (Å²) in [5, 5.41) is 15.5. The van der Waals surface area contributed by atoms with Crippen molar-refractivity contribution in [2.24, 2.45) is 0 Å². The number of carbonyl (C=O) groups excluding carboxylic acids is 1. The number of anilines is 1. The summed E-state index contributed by atoms with van der Waals surface area (Å²) in [7, 11) is 0. The van der Waals surface area contributed by atoms with Gasteiger partial charge in [0.05, 0.1) is 17.1 Å². The minimum Gasteiger partial charge on any atom is -0.335 e. The molecule has 5 aromatic heterocycles. The fourth-order valence-electron chi connectivity index (χ4n) is 4.30. The van der Waals surface area contributed by atoms with Crippen molar-refractivity contribution < 1.29 is 4.79 Å². The van der Waals surface area contributed by atoms with Gasteiger partial charge in [0.15, 0.2) is 11.5 Å². The number of benzene rings is 1. The SMILES string of the molecule is CCC(=O)Nc1cc(CC)cc(-c2cnc3n[nH]c(-c4nc5c(-c6ccsc6)cncc5[nH]4)c3c2)c1. The zero-order valence-corrected chi connectivity index (χ0v) is 20.6. The topological polar surface area (TPSA) is 112 Å². The Morgan fingerprint density at radius 1 is 1.06 bits per heavy atom. The first-order valence-electron chi connectivity index (χ1n) is 11.8. The Morgan fingerprint density at radius 2 is 1.97 bits per heavy atom. The van der Waals surface area contributed by atoms with Crippen LogP contribution in [0.3, 0.4) is 0 Å². The van der Waals surface area contributed by atoms with Crippen LogP contribution in [0.15, 0.2) is 59.7 Å². The smallest absolute Gasteiger partial charge is 0.224 e. The summed E-state index contributed by atoms with van der Waals surface area (Å²) in [5.41, 5.74) is 9.00. The van der Waals surface area contributed by atoms with Crippen molar-refractivity contribution in [2.75, 3.05) is 5.32 Å². The number of aryl methyl sites for hydroxylation is 1. The molecular weight excluding hydrogens is 470 g/mol. The second-order valence-electron chi connectivity index (χ2n) is 8.55. The van der Waals surface area contributed by atoms with E-state index < -0.39 is 0 Å². The number of pyridine rings is 2. The minimum absolute atomic E-state index is 0.0129. The van der Waals surface area contributed by atoms with E-state index in [2.05, 4.69) is 61.0 Å². The van der Waals surface area contributed by atoms with Crippen LogP contribution in [0.25, 0.3) is 55.8 Å². The van der Waals surface area contributed by atoms with Crippen molar-refractivity contribution in [3.63, 3.8) is 0 Å². The molecule has 0 unspecified atom stereocenters. The maximum Gasteiger partial charge on any atom is 0.224 e. The summed E-state index contributed by atoms with van der Waals surface area (Å²) in [6, 6.07) is 10.3. The molecular formula is C27H23N7OS. The molecule has 178 valence electrons. The maximum absolute atomic E-state index is 12.0. The summed E-state index contributed by atoms with van der Waals surface area (Å²) < 4.78 is 0. The average molecular weight is 494 g/mol. The number of fused-ring (bicyclic) bond motifs is 2. The van der Waals surface area contributed by atoms with Gasteiger partial charge in [-0.25, -0.2) is 9.97 Å². The van der Waals surface area contributed by atoms with Gasteiger partial charge in [-0.15, -0.1) is 0 Å². The molecule has 6 rings (SSSR count). The first-order valence-corrected chi connectivity index (χ1v) is 12.7. The van der Waals surface area contributed by atoms with Gasteiger partial charge in [0.2, 0.25) is 5.91 Å². The normalized spacial score (nSPS) is 11.4. The standard InChI is InChI=1S/C27H23N7OS/c1-3-15-7-17(9-19(8-15)30-23(35)4-2)18-10-20-25(33-34-26(20)29-11-18)27-31-22-13-28-12-21(24(22)32-27)16-5-6-36-14-16/h5-14H,3-4H2,1-2H3,(H,30,35)(H,31,32)(H,29,33,34). The van der Waals surface area contributed by atoms with Crippen LogP contribution in [-0.4, -0.2) is 36.0 Å². The molecule has 0 bridgehead atoms. The molecule has 3 N–H and O–H groups in total. The van der Waals surface area contributed by atoms with Crippen molar-refractivity contribution in [2.45, 2.75) is 26.7 Å². The maximum atomic E-state index is 12.0. The van der Waals surface area contributed by atoms with Gasteiger partial charge in [-0.05, 0) is 58.1 Å². The lowest BCUT2D eigenvalue weighted by atomic mass is 10.0. The van der Waals surface area contributed by atoms with E-state index in [0.717, 1.165) is 62.0 Å². The van der Waals surface area contributed by atoms with E-state index in [4.69, 9.17) is 4.98 Å². The Balaban J connectivity index is 1.45. The monoisotopic (exact) mass is 493 g/mol. The van der Waals surface area contributed by atoms with Crippen molar-refractivity contribution in [1.82, 2.24) is 30.1 Å². The molecule has 0 saturated heterocycles. The van der Waals surface area contributed by atoms with Crippen molar-refractivity contribution in [3.05, 3.63) is 65.2 Å². The van der Waals surface area contributed by atoms with Gasteiger partial charge in [0.1, 0.15) is 11.2 Å². The number of nitrogens with one attached hydrogen (secondary N) is 3. The Bertz CT molecular complexity index is 1720. The second kappa shape index (κ2) is 9.01. The number of nitrogens with zero attached hydrogens (tertiary/aromatic N) is 4. The summed E-state index contributed by atoms with van der Waals surface area (Å²) in [6.07, 6.45) is 6.72. The van der Waals surface area contributed by atoms with Crippen LogP contribution in [0, 0.1) is 0 Å². The highest BCUT2D eigenvalue weighted by Gasteiger charge is 2.17. The van der Waals surface area contributed by atoms with E-state index in [9.17, 15) is 4.79 Å². The van der Waals surface area contributed by atoms with E-state index in [1.807, 2.05) is 36.8 Å². The fraction of sp³-hybridized carbons (Fsp3) is 0.148. The van der Waals surface area contributed by atoms with Gasteiger partial charge in [-0.3, -0.25) is 14.9 Å². The lowest BCUT2D eigenvalue weighted by Crippen LogP contribution is -2.09. The van der Waals surface area contributed by atoms with Crippen LogP contribution in [-0.2, 0) is 11.2 Å². The Morgan fingerprint density at radius 3 is 2.78 bits per heavy atom. The van der Waals surface area contributed by atoms with Crippen molar-refractivity contribution in [1.29, 1.82) is 0 Å². The zero-order valence-electron chi connectivity index (χ0n) is 19.8. The van der Waals surface area contributed by atoms with Gasteiger partial charge in [-0.2, -0.15) is 16.4 Å². The summed E-state index contributed by atoms with van der Waals surface area (Å²) in [4.78, 5) is 29.3. The number of hydrogen-bond donors (Lipinski definition) is 3. The molecule has 0 saturated carbocycles. The van der Waals surface area contributed by atoms with Gasteiger partial charge in [-0.1, -0.05) is 19.9 Å². The minimum atomic E-state index is -0.0129. The number of thiophene rings is 1. The number of amides is 1. The number of aromatic nitrogens is 6. The Labute approximate surface area is 210 Å². The summed E-state index contributed by atoms with van der Waals surface area (Å²) >= 11 is 1.64. The van der Waals surface area contributed by atoms with Crippen LogP contribution in [0.4, 0.5) is 5.69 Å². The third-order valence-electron chi connectivity index (χ3n) is 6.21. The lowest BCUT2D eigenvalue weighted by Gasteiger charge is -2.10. The van der Waals surface area contributed by atoms with Crippen LogP contribution in [0.5, 0.6) is 0 Å². The number of H-pyrrole nitrogens is 2. The van der Waals surface area contributed by atoms with Crippen LogP contribution < -0.4 is 5.32 Å². The number of aromatic amines is 2. The molecule has 0 aliphatic carbocycles. The quantitative estimate of drug-likeness (QED) is 0.256. The molecule has 0 fully saturated rings. The van der Waals surface area contributed by atoms with E-state index in [0.29, 0.717) is 17.9 Å². The van der Waals surface area contributed by atoms with Gasteiger partial charge in [0.25, 0.3) is 0 Å². The van der Waals surface area contributed by atoms with Crippen molar-refractivity contribution >= 4 is 45.0 Å². The van der Waals surface area contributed by atoms with Gasteiger partial charge in [0, 0.05) is 35.6 Å². The van der Waals surface area contributed by atoms with E-state index in [-0.39, 0.29) is 5.91 Å². The molecule has 0 spiro atoms. The molecule has 5 heterocycles. The molecule has 6 aromatic rings. The first-order chi connectivity index (χ1) is 17.6. The third kappa shape index (κ3) is 3.93. The summed E-state index contributed by atoms with van der Waals surface area (Å²) in [5.74, 6) is 0.662. The molecule has 0 radical (unpaired) electrons. The molecule has 8 nitrogen and oxygen atoms in total. The van der Waals surface area contributed by atoms with Crippen molar-refractivity contribution in [3.8, 4) is 33.8 Å². The number of rotatable bonds is 6. The third-order valence-corrected chi connectivity index (χ3v) is 6.90. The van der Waals surface area contributed by atoms with Crippen LogP contribution in [0.1, 0.15) is 25.8 Å². The largest absolute Gasteiger partial charge is 0.335 e. The van der Waals surface area contributed by atoms with Gasteiger partial charge >= 0.3 is 0 Å². The van der Waals surface area contributed by atoms with Gasteiger partial charge < -0.3 is 10.3 Å². The molecule has 9 heteroatoms. The van der Waals surface area contributed by atoms with E-state index in [1.165, 1.54) is 0 Å². The summed E-state index contributed by atoms with van der Waals surface area (Å²) in [6.45, 7) is 3.94. The molecule has 1 amide bonds. The Hall–Kier alpha value is -4.37. The zero-order chi connectivity index (χ0) is 24.6. The number of carbonyl (C=O) groups is 1. The van der Waals surface area contributed by atoms with E-state index in [1.54, 1.807) is 17.5 Å². The fourth-order valence-corrected chi connectivity index (χ4v) is 4.96. The number of imidazole rings is 1. The number of hydrogen-bond acceptors (Lipinski definition) is 6. The highest BCUT2D eigenvalue weighted by molar-refractivity contribution is 7.08. The molecule has 0 atom stereocenters. The highest BCUT2D eigenvalue weighted by atomic mass is 32.1. The Kier molecular flexibility index (Phi) is 5.54. The van der Waals surface area contributed by atoms with Crippen LogP contribution in [0.2, 0.25) is 0 Å². The van der Waals surface area contributed by atoms with E-state index >= 15 is 0 Å². The first kappa shape index (κ1) is 22.1. The average Bonchev–Trinajstić information content (AvgIpc) is 3.67. The molecule has 0 aliphatic rings. The lowest BCUT2D eigenvalue weighted by molar-refractivity contribution is -0.115. The predicted octanol–water partition coefficient (Wildman–Crippen LogP) is 6.20. The molecule has 0 aliphatic heterocycles. The predicted molar refractivity (Wildman–Crippen MR) is 144 cm³/mol. The molecule has 1 aromatic carbocycles.